The van der Waals surface area contributed by atoms with E-state index in [0.717, 1.165) is 31.2 Å². The van der Waals surface area contributed by atoms with Crippen molar-refractivity contribution in [3.8, 4) is 0 Å². The van der Waals surface area contributed by atoms with Gasteiger partial charge in [-0.15, -0.1) is 0 Å². The van der Waals surface area contributed by atoms with Crippen LogP contribution in [0.5, 0.6) is 0 Å². The molecule has 1 aliphatic rings. The van der Waals surface area contributed by atoms with E-state index in [-0.39, 0.29) is 12.0 Å². The van der Waals surface area contributed by atoms with E-state index in [1.807, 2.05) is 13.1 Å². The summed E-state index contributed by atoms with van der Waals surface area (Å²) in [4.78, 5) is 15.3. The molecule has 0 bridgehead atoms. The minimum Gasteiger partial charge on any atom is -0.378 e. The van der Waals surface area contributed by atoms with Crippen molar-refractivity contribution in [2.24, 2.45) is 13.0 Å². The average Bonchev–Trinajstić information content (AvgIpc) is 3.00. The summed E-state index contributed by atoms with van der Waals surface area (Å²) in [7, 11) is 1.89. The van der Waals surface area contributed by atoms with Crippen LogP contribution in [0.25, 0.3) is 0 Å². The van der Waals surface area contributed by atoms with Gasteiger partial charge in [0.1, 0.15) is 23.8 Å². The number of hydrogen-bond acceptors (Lipinski definition) is 8. The first kappa shape index (κ1) is 17.4. The molecule has 2 aromatic rings. The summed E-state index contributed by atoms with van der Waals surface area (Å²) in [5.41, 5.74) is 5.94. The number of aryl methyl sites for hydroxylation is 1. The van der Waals surface area contributed by atoms with Crippen molar-refractivity contribution in [2.75, 3.05) is 42.3 Å². The Labute approximate surface area is 147 Å². The summed E-state index contributed by atoms with van der Waals surface area (Å²) in [5, 5.41) is 7.64. The molecule has 1 atom stereocenters. The quantitative estimate of drug-likeness (QED) is 0.804. The number of hydrogen-bond donors (Lipinski definition) is 2. The molecular weight excluding hydrogens is 320 g/mol. The molecular formula is C16H26N8O. The second-order valence-electron chi connectivity index (χ2n) is 6.64. The number of nitrogen functional groups attached to an aromatic ring is 1. The Bertz CT molecular complexity index is 695. The molecule has 25 heavy (non-hydrogen) atoms. The van der Waals surface area contributed by atoms with Gasteiger partial charge in [0.2, 0.25) is 5.95 Å². The van der Waals surface area contributed by atoms with E-state index >= 15 is 0 Å². The number of nitrogens with zero attached hydrogens (tertiary/aromatic N) is 6. The molecule has 1 fully saturated rings. The molecule has 136 valence electrons. The van der Waals surface area contributed by atoms with Gasteiger partial charge >= 0.3 is 0 Å². The maximum atomic E-state index is 5.94. The molecule has 3 rings (SSSR count). The van der Waals surface area contributed by atoms with Crippen LogP contribution in [0.2, 0.25) is 0 Å². The Balaban J connectivity index is 1.83. The van der Waals surface area contributed by atoms with Crippen LogP contribution in [0.3, 0.4) is 0 Å². The highest BCUT2D eigenvalue weighted by Gasteiger charge is 2.20. The molecule has 2 aromatic heterocycles. The molecule has 9 heteroatoms. The van der Waals surface area contributed by atoms with E-state index in [2.05, 4.69) is 44.1 Å². The third-order valence-electron chi connectivity index (χ3n) is 4.15. The number of aromatic nitrogens is 5. The van der Waals surface area contributed by atoms with Gasteiger partial charge < -0.3 is 20.7 Å². The Morgan fingerprint density at radius 1 is 1.28 bits per heavy atom. The number of nitrogens with one attached hydrogen (secondary N) is 1. The van der Waals surface area contributed by atoms with Gasteiger partial charge in [0.05, 0.1) is 19.3 Å². The van der Waals surface area contributed by atoms with E-state index in [1.165, 1.54) is 0 Å². The van der Waals surface area contributed by atoms with Crippen molar-refractivity contribution in [3.05, 3.63) is 18.2 Å². The highest BCUT2D eigenvalue weighted by molar-refractivity contribution is 5.53. The van der Waals surface area contributed by atoms with Crippen LogP contribution in [0.15, 0.2) is 12.4 Å². The maximum Gasteiger partial charge on any atom is 0.223 e. The van der Waals surface area contributed by atoms with E-state index in [9.17, 15) is 0 Å². The van der Waals surface area contributed by atoms with Crippen molar-refractivity contribution in [2.45, 2.75) is 26.3 Å². The summed E-state index contributed by atoms with van der Waals surface area (Å²) in [6.45, 7) is 7.35. The molecule has 1 aliphatic heterocycles. The van der Waals surface area contributed by atoms with E-state index < -0.39 is 0 Å². The molecule has 0 aromatic carbocycles. The Morgan fingerprint density at radius 3 is 2.68 bits per heavy atom. The van der Waals surface area contributed by atoms with Gasteiger partial charge in [-0.3, -0.25) is 4.68 Å². The first-order valence-corrected chi connectivity index (χ1v) is 8.60. The number of nitrogens with two attached hydrogens (primary N) is 1. The lowest BCUT2D eigenvalue weighted by Crippen LogP contribution is -2.37. The summed E-state index contributed by atoms with van der Waals surface area (Å²) in [5.74, 6) is 3.14. The van der Waals surface area contributed by atoms with Crippen LogP contribution >= 0.6 is 0 Å². The van der Waals surface area contributed by atoms with Gasteiger partial charge in [-0.2, -0.15) is 15.1 Å². The molecule has 0 aliphatic carbocycles. The number of morpholine rings is 1. The van der Waals surface area contributed by atoms with E-state index in [4.69, 9.17) is 10.5 Å². The van der Waals surface area contributed by atoms with Crippen LogP contribution < -0.4 is 16.0 Å². The second kappa shape index (κ2) is 7.64. The van der Waals surface area contributed by atoms with Gasteiger partial charge in [-0.25, -0.2) is 4.98 Å². The molecule has 9 nitrogen and oxygen atoms in total. The first-order valence-electron chi connectivity index (χ1n) is 8.60. The zero-order valence-electron chi connectivity index (χ0n) is 15.0. The predicted octanol–water partition coefficient (Wildman–Crippen LogP) is 1.22. The predicted molar refractivity (Wildman–Crippen MR) is 96.3 cm³/mol. The summed E-state index contributed by atoms with van der Waals surface area (Å²) in [6.07, 6.45) is 2.47. The van der Waals surface area contributed by atoms with Crippen molar-refractivity contribution in [1.82, 2.24) is 24.7 Å². The standard InChI is InChI=1S/C16H26N8O/c1-11(2)8-12(15-18-10-19-23(15)3)20-13-9-14(22-16(17)21-13)24-4-6-25-7-5-24/h9-12H,4-8H2,1-3H3,(H3,17,20,21,22). The normalized spacial score (nSPS) is 16.2. The Morgan fingerprint density at radius 2 is 2.04 bits per heavy atom. The van der Waals surface area contributed by atoms with Gasteiger partial charge in [-0.1, -0.05) is 13.8 Å². The highest BCUT2D eigenvalue weighted by atomic mass is 16.5. The number of ether oxygens (including phenoxy) is 1. The fourth-order valence-electron chi connectivity index (χ4n) is 2.98. The zero-order chi connectivity index (χ0) is 17.8. The van der Waals surface area contributed by atoms with Crippen molar-refractivity contribution < 1.29 is 4.74 Å². The van der Waals surface area contributed by atoms with Crippen LogP contribution in [0.1, 0.15) is 32.1 Å². The van der Waals surface area contributed by atoms with Crippen LogP contribution in [-0.4, -0.2) is 51.0 Å². The van der Waals surface area contributed by atoms with Crippen LogP contribution in [0, 0.1) is 5.92 Å². The second-order valence-corrected chi connectivity index (χ2v) is 6.64. The lowest BCUT2D eigenvalue weighted by Gasteiger charge is -2.28. The summed E-state index contributed by atoms with van der Waals surface area (Å²) >= 11 is 0. The first-order chi connectivity index (χ1) is 12.0. The van der Waals surface area contributed by atoms with E-state index in [0.29, 0.717) is 24.9 Å². The molecule has 1 unspecified atom stereocenters. The fraction of sp³-hybridized carbons (Fsp3) is 0.625. The monoisotopic (exact) mass is 346 g/mol. The molecule has 0 saturated carbocycles. The minimum atomic E-state index is -0.000612. The van der Waals surface area contributed by atoms with Crippen LogP contribution in [-0.2, 0) is 11.8 Å². The van der Waals surface area contributed by atoms with Crippen molar-refractivity contribution in [3.63, 3.8) is 0 Å². The van der Waals surface area contributed by atoms with E-state index in [1.54, 1.807) is 11.0 Å². The summed E-state index contributed by atoms with van der Waals surface area (Å²) < 4.78 is 7.19. The largest absolute Gasteiger partial charge is 0.378 e. The van der Waals surface area contributed by atoms with Gasteiger partial charge in [-0.05, 0) is 12.3 Å². The minimum absolute atomic E-state index is 0.000612. The third kappa shape index (κ3) is 4.36. The summed E-state index contributed by atoms with van der Waals surface area (Å²) in [6, 6.07) is 1.94. The topological polar surface area (TPSA) is 107 Å². The SMILES string of the molecule is CC(C)CC(Nc1cc(N2CCOCC2)nc(N)n1)c1ncnn1C. The Hall–Kier alpha value is -2.42. The lowest BCUT2D eigenvalue weighted by molar-refractivity contribution is 0.122. The average molecular weight is 346 g/mol. The smallest absolute Gasteiger partial charge is 0.223 e. The zero-order valence-corrected chi connectivity index (χ0v) is 15.0. The maximum absolute atomic E-state index is 5.94. The van der Waals surface area contributed by atoms with Crippen LogP contribution in [0.4, 0.5) is 17.6 Å². The van der Waals surface area contributed by atoms with Gasteiger partial charge in [0, 0.05) is 26.2 Å². The van der Waals surface area contributed by atoms with Gasteiger partial charge in [0.15, 0.2) is 0 Å². The molecule has 1 saturated heterocycles. The third-order valence-corrected chi connectivity index (χ3v) is 4.15. The molecule has 3 N–H and O–H groups in total. The van der Waals surface area contributed by atoms with Crippen molar-refractivity contribution in [1.29, 1.82) is 0 Å². The molecule has 3 heterocycles. The fourth-order valence-corrected chi connectivity index (χ4v) is 2.98. The molecule has 0 spiro atoms. The van der Waals surface area contributed by atoms with Crippen molar-refractivity contribution >= 4 is 17.6 Å². The highest BCUT2D eigenvalue weighted by Crippen LogP contribution is 2.26. The number of rotatable bonds is 6. The Kier molecular flexibility index (Phi) is 5.32. The molecule has 0 radical (unpaired) electrons. The molecule has 0 amide bonds. The van der Waals surface area contributed by atoms with Gasteiger partial charge in [0.25, 0.3) is 0 Å². The number of anilines is 3. The lowest BCUT2D eigenvalue weighted by atomic mass is 10.0.